The Kier molecular flexibility index (Phi) is 4.75. The molecular weight excluding hydrogens is 232 g/mol. The summed E-state index contributed by atoms with van der Waals surface area (Å²) in [4.78, 5) is 0. The number of fused-ring (bicyclic) bond motifs is 1. The summed E-state index contributed by atoms with van der Waals surface area (Å²) in [5.74, 6) is 0. The fourth-order valence-electron chi connectivity index (χ4n) is 2.40. The molecule has 2 aromatic rings. The lowest BCUT2D eigenvalue weighted by molar-refractivity contribution is 0.182. The van der Waals surface area contributed by atoms with Gasteiger partial charge in [0.25, 0.3) is 0 Å². The maximum Gasteiger partial charge on any atom is 0.0512 e. The zero-order valence-corrected chi connectivity index (χ0v) is 11.6. The molecule has 0 radical (unpaired) electrons. The van der Waals surface area contributed by atoms with Gasteiger partial charge in [-0.15, -0.1) is 6.58 Å². The van der Waals surface area contributed by atoms with Crippen LogP contribution in [0, 0.1) is 0 Å². The van der Waals surface area contributed by atoms with Crippen LogP contribution in [0.4, 0.5) is 0 Å². The summed E-state index contributed by atoms with van der Waals surface area (Å²) < 4.78 is 0. The number of aryl methyl sites for hydroxylation is 1. The van der Waals surface area contributed by atoms with Gasteiger partial charge in [0.15, 0.2) is 0 Å². The molecule has 1 N–H and O–H groups in total. The third-order valence-corrected chi connectivity index (χ3v) is 3.44. The Morgan fingerprint density at radius 1 is 1.11 bits per heavy atom. The Hall–Kier alpha value is -1.60. The molecule has 0 fully saturated rings. The SMILES string of the molecule is C=CCc1ccc2cc(CCCC(C)O)ccc2c1. The fraction of sp³-hybridized carbons (Fsp3) is 0.333. The monoisotopic (exact) mass is 254 g/mol. The van der Waals surface area contributed by atoms with Gasteiger partial charge in [-0.25, -0.2) is 0 Å². The van der Waals surface area contributed by atoms with Gasteiger partial charge in [-0.1, -0.05) is 42.5 Å². The molecule has 1 nitrogen and oxygen atoms in total. The van der Waals surface area contributed by atoms with Crippen molar-refractivity contribution in [3.8, 4) is 0 Å². The first-order chi connectivity index (χ1) is 9.19. The molecule has 0 saturated carbocycles. The summed E-state index contributed by atoms with van der Waals surface area (Å²) in [5.41, 5.74) is 2.66. The lowest BCUT2D eigenvalue weighted by atomic mass is 10.00. The van der Waals surface area contributed by atoms with Crippen LogP contribution in [0.3, 0.4) is 0 Å². The Labute approximate surface area is 115 Å². The molecule has 0 aromatic heterocycles. The topological polar surface area (TPSA) is 20.2 Å². The highest BCUT2D eigenvalue weighted by Gasteiger charge is 2.00. The predicted octanol–water partition coefficient (Wildman–Crippen LogP) is 4.27. The number of hydrogen-bond donors (Lipinski definition) is 1. The Bertz CT molecular complexity index is 555. The van der Waals surface area contributed by atoms with E-state index in [0.29, 0.717) is 0 Å². The van der Waals surface area contributed by atoms with E-state index in [4.69, 9.17) is 0 Å². The van der Waals surface area contributed by atoms with Gasteiger partial charge in [0.2, 0.25) is 0 Å². The van der Waals surface area contributed by atoms with Crippen molar-refractivity contribution in [1.82, 2.24) is 0 Å². The normalized spacial score (nSPS) is 12.5. The first-order valence-electron chi connectivity index (χ1n) is 6.99. The van der Waals surface area contributed by atoms with Crippen molar-refractivity contribution in [1.29, 1.82) is 0 Å². The second-order valence-electron chi connectivity index (χ2n) is 5.25. The van der Waals surface area contributed by atoms with Gasteiger partial charge < -0.3 is 5.11 Å². The average Bonchev–Trinajstić information content (AvgIpc) is 2.39. The van der Waals surface area contributed by atoms with Crippen LogP contribution < -0.4 is 0 Å². The molecule has 1 heteroatoms. The summed E-state index contributed by atoms with van der Waals surface area (Å²) in [6.07, 6.45) is 5.61. The molecule has 2 aromatic carbocycles. The molecule has 0 bridgehead atoms. The average molecular weight is 254 g/mol. The molecule has 2 rings (SSSR count). The second-order valence-corrected chi connectivity index (χ2v) is 5.25. The van der Waals surface area contributed by atoms with E-state index in [1.165, 1.54) is 21.9 Å². The van der Waals surface area contributed by atoms with Gasteiger partial charge in [0.1, 0.15) is 0 Å². The Balaban J connectivity index is 2.12. The van der Waals surface area contributed by atoms with Gasteiger partial charge in [-0.2, -0.15) is 0 Å². The third kappa shape index (κ3) is 3.93. The maximum absolute atomic E-state index is 9.28. The van der Waals surface area contributed by atoms with Crippen LogP contribution in [0.15, 0.2) is 49.1 Å². The zero-order valence-electron chi connectivity index (χ0n) is 11.6. The number of aliphatic hydroxyl groups excluding tert-OH is 1. The molecule has 0 spiro atoms. The van der Waals surface area contributed by atoms with Crippen molar-refractivity contribution in [2.45, 2.75) is 38.7 Å². The highest BCUT2D eigenvalue weighted by Crippen LogP contribution is 2.19. The first kappa shape index (κ1) is 13.8. The maximum atomic E-state index is 9.28. The summed E-state index contributed by atoms with van der Waals surface area (Å²) in [6.45, 7) is 5.63. The van der Waals surface area contributed by atoms with Gasteiger partial charge >= 0.3 is 0 Å². The Morgan fingerprint density at radius 2 is 1.74 bits per heavy atom. The smallest absolute Gasteiger partial charge is 0.0512 e. The quantitative estimate of drug-likeness (QED) is 0.763. The van der Waals surface area contributed by atoms with Crippen molar-refractivity contribution in [2.75, 3.05) is 0 Å². The van der Waals surface area contributed by atoms with Gasteiger partial charge in [0, 0.05) is 0 Å². The third-order valence-electron chi connectivity index (χ3n) is 3.44. The minimum Gasteiger partial charge on any atom is -0.393 e. The van der Waals surface area contributed by atoms with Crippen LogP contribution >= 0.6 is 0 Å². The molecule has 1 unspecified atom stereocenters. The number of allylic oxidation sites excluding steroid dienone is 1. The van der Waals surface area contributed by atoms with Crippen LogP contribution in [0.2, 0.25) is 0 Å². The van der Waals surface area contributed by atoms with E-state index in [1.54, 1.807) is 0 Å². The van der Waals surface area contributed by atoms with Gasteiger partial charge in [0.05, 0.1) is 6.10 Å². The van der Waals surface area contributed by atoms with Gasteiger partial charge in [-0.05, 0) is 54.5 Å². The zero-order chi connectivity index (χ0) is 13.7. The van der Waals surface area contributed by atoms with Crippen molar-refractivity contribution >= 4 is 10.8 Å². The molecule has 0 amide bonds. The lowest BCUT2D eigenvalue weighted by Crippen LogP contribution is -1.99. The second kappa shape index (κ2) is 6.53. The van der Waals surface area contributed by atoms with Crippen LogP contribution in [-0.4, -0.2) is 11.2 Å². The first-order valence-corrected chi connectivity index (χ1v) is 6.99. The van der Waals surface area contributed by atoms with Crippen molar-refractivity contribution < 1.29 is 5.11 Å². The van der Waals surface area contributed by atoms with Crippen molar-refractivity contribution in [2.24, 2.45) is 0 Å². The summed E-state index contributed by atoms with van der Waals surface area (Å²) >= 11 is 0. The van der Waals surface area contributed by atoms with E-state index in [2.05, 4.69) is 43.0 Å². The molecule has 0 aliphatic rings. The van der Waals surface area contributed by atoms with Crippen LogP contribution in [0.5, 0.6) is 0 Å². The highest BCUT2D eigenvalue weighted by molar-refractivity contribution is 5.83. The van der Waals surface area contributed by atoms with Crippen molar-refractivity contribution in [3.63, 3.8) is 0 Å². The molecule has 0 aliphatic heterocycles. The van der Waals surface area contributed by atoms with Gasteiger partial charge in [-0.3, -0.25) is 0 Å². The van der Waals surface area contributed by atoms with Crippen LogP contribution in [0.1, 0.15) is 30.9 Å². The number of benzene rings is 2. The van der Waals surface area contributed by atoms with E-state index in [1.807, 2.05) is 13.0 Å². The molecule has 0 saturated heterocycles. The number of rotatable bonds is 6. The van der Waals surface area contributed by atoms with Crippen LogP contribution in [-0.2, 0) is 12.8 Å². The Morgan fingerprint density at radius 3 is 2.37 bits per heavy atom. The van der Waals surface area contributed by atoms with Crippen LogP contribution in [0.25, 0.3) is 10.8 Å². The minimum absolute atomic E-state index is 0.193. The standard InChI is InChI=1S/C18H22O/c1-3-5-15-8-10-18-13-16(7-4-6-14(2)19)9-11-17(18)12-15/h3,8-14,19H,1,4-7H2,2H3. The summed E-state index contributed by atoms with van der Waals surface area (Å²) in [7, 11) is 0. The molecular formula is C18H22O. The lowest BCUT2D eigenvalue weighted by Gasteiger charge is -2.07. The molecule has 100 valence electrons. The molecule has 19 heavy (non-hydrogen) atoms. The number of aliphatic hydroxyl groups is 1. The van der Waals surface area contributed by atoms with E-state index in [0.717, 1.165) is 25.7 Å². The van der Waals surface area contributed by atoms with E-state index >= 15 is 0 Å². The largest absolute Gasteiger partial charge is 0.393 e. The summed E-state index contributed by atoms with van der Waals surface area (Å²) in [6, 6.07) is 13.2. The summed E-state index contributed by atoms with van der Waals surface area (Å²) in [5, 5.41) is 11.9. The predicted molar refractivity (Wildman–Crippen MR) is 82.5 cm³/mol. The van der Waals surface area contributed by atoms with E-state index < -0.39 is 0 Å². The van der Waals surface area contributed by atoms with E-state index in [-0.39, 0.29) is 6.10 Å². The minimum atomic E-state index is -0.193. The highest BCUT2D eigenvalue weighted by atomic mass is 16.3. The molecule has 0 aliphatic carbocycles. The number of hydrogen-bond acceptors (Lipinski definition) is 1. The molecule has 1 atom stereocenters. The molecule has 0 heterocycles. The van der Waals surface area contributed by atoms with E-state index in [9.17, 15) is 5.11 Å². The fourth-order valence-corrected chi connectivity index (χ4v) is 2.40. The van der Waals surface area contributed by atoms with Crippen molar-refractivity contribution in [3.05, 3.63) is 60.2 Å².